The van der Waals surface area contributed by atoms with Crippen LogP contribution in [0.25, 0.3) is 0 Å². The fourth-order valence-corrected chi connectivity index (χ4v) is 2.97. The third-order valence-electron chi connectivity index (χ3n) is 2.89. The highest BCUT2D eigenvalue weighted by Crippen LogP contribution is 2.21. The molecule has 1 aliphatic heterocycles. The van der Waals surface area contributed by atoms with E-state index in [4.69, 9.17) is 16.3 Å². The van der Waals surface area contributed by atoms with Gasteiger partial charge in [-0.1, -0.05) is 11.6 Å². The average molecular weight is 275 g/mol. The standard InChI is InChI=1S/C12H19ClN2OS/c13-12-2-1-11(17-12)3-4-14-5-6-15-7-9-16-10-8-15/h1-2,14H,3-10H2. The van der Waals surface area contributed by atoms with Crippen molar-refractivity contribution < 1.29 is 4.74 Å². The van der Waals surface area contributed by atoms with Crippen molar-refractivity contribution in [1.29, 1.82) is 0 Å². The van der Waals surface area contributed by atoms with Crippen molar-refractivity contribution in [3.05, 3.63) is 21.3 Å². The van der Waals surface area contributed by atoms with E-state index < -0.39 is 0 Å². The van der Waals surface area contributed by atoms with E-state index >= 15 is 0 Å². The number of halogens is 1. The minimum Gasteiger partial charge on any atom is -0.379 e. The van der Waals surface area contributed by atoms with Crippen LogP contribution in [0.1, 0.15) is 4.88 Å². The average Bonchev–Trinajstić information content (AvgIpc) is 2.76. The van der Waals surface area contributed by atoms with Crippen LogP contribution in [0.3, 0.4) is 0 Å². The highest BCUT2D eigenvalue weighted by molar-refractivity contribution is 7.16. The molecule has 0 saturated carbocycles. The third-order valence-corrected chi connectivity index (χ3v) is 4.18. The number of nitrogens with zero attached hydrogens (tertiary/aromatic N) is 1. The van der Waals surface area contributed by atoms with E-state index in [0.717, 1.165) is 56.7 Å². The minimum absolute atomic E-state index is 0.883. The van der Waals surface area contributed by atoms with Crippen LogP contribution in [0.15, 0.2) is 12.1 Å². The molecule has 0 aliphatic carbocycles. The predicted octanol–water partition coefficient (Wildman–Crippen LogP) is 1.87. The molecule has 1 aromatic rings. The predicted molar refractivity (Wildman–Crippen MR) is 73.2 cm³/mol. The van der Waals surface area contributed by atoms with Gasteiger partial charge in [0.1, 0.15) is 0 Å². The summed E-state index contributed by atoms with van der Waals surface area (Å²) in [5, 5.41) is 3.47. The molecule has 17 heavy (non-hydrogen) atoms. The Balaban J connectivity index is 1.51. The lowest BCUT2D eigenvalue weighted by molar-refractivity contribution is 0.0385. The van der Waals surface area contributed by atoms with Crippen molar-refractivity contribution in [2.45, 2.75) is 6.42 Å². The van der Waals surface area contributed by atoms with E-state index in [1.54, 1.807) is 11.3 Å². The molecular weight excluding hydrogens is 256 g/mol. The lowest BCUT2D eigenvalue weighted by Crippen LogP contribution is -2.40. The van der Waals surface area contributed by atoms with Crippen molar-refractivity contribution in [2.24, 2.45) is 0 Å². The first-order valence-electron chi connectivity index (χ1n) is 6.09. The highest BCUT2D eigenvalue weighted by Gasteiger charge is 2.08. The molecule has 1 aliphatic rings. The largest absolute Gasteiger partial charge is 0.379 e. The van der Waals surface area contributed by atoms with Gasteiger partial charge in [0.25, 0.3) is 0 Å². The molecule has 1 fully saturated rings. The second kappa shape index (κ2) is 7.34. The van der Waals surface area contributed by atoms with Crippen LogP contribution in [0, 0.1) is 0 Å². The third kappa shape index (κ3) is 4.94. The van der Waals surface area contributed by atoms with E-state index in [2.05, 4.69) is 16.3 Å². The van der Waals surface area contributed by atoms with Gasteiger partial charge in [-0.25, -0.2) is 0 Å². The van der Waals surface area contributed by atoms with Gasteiger partial charge >= 0.3 is 0 Å². The number of ether oxygens (including phenoxy) is 1. The first-order chi connectivity index (χ1) is 8.34. The SMILES string of the molecule is Clc1ccc(CCNCCN2CCOCC2)s1. The molecule has 0 spiro atoms. The van der Waals surface area contributed by atoms with Gasteiger partial charge in [0, 0.05) is 37.6 Å². The summed E-state index contributed by atoms with van der Waals surface area (Å²) < 4.78 is 6.20. The van der Waals surface area contributed by atoms with Crippen molar-refractivity contribution >= 4 is 22.9 Å². The van der Waals surface area contributed by atoms with Gasteiger partial charge in [0.05, 0.1) is 17.6 Å². The normalized spacial score (nSPS) is 17.5. The summed E-state index contributed by atoms with van der Waals surface area (Å²) in [6.07, 6.45) is 1.07. The Bertz CT molecular complexity index is 326. The summed E-state index contributed by atoms with van der Waals surface area (Å²) in [5.41, 5.74) is 0. The van der Waals surface area contributed by atoms with Crippen LogP contribution in [0.5, 0.6) is 0 Å². The van der Waals surface area contributed by atoms with E-state index in [1.807, 2.05) is 6.07 Å². The van der Waals surface area contributed by atoms with Crippen LogP contribution in [0.2, 0.25) is 4.34 Å². The molecule has 1 aromatic heterocycles. The molecule has 3 nitrogen and oxygen atoms in total. The number of hydrogen-bond donors (Lipinski definition) is 1. The number of morpholine rings is 1. The topological polar surface area (TPSA) is 24.5 Å². The fraction of sp³-hybridized carbons (Fsp3) is 0.667. The Morgan fingerprint density at radius 2 is 2.12 bits per heavy atom. The molecule has 0 unspecified atom stereocenters. The molecule has 2 rings (SSSR count). The van der Waals surface area contributed by atoms with Crippen LogP contribution < -0.4 is 5.32 Å². The van der Waals surface area contributed by atoms with E-state index in [0.29, 0.717) is 0 Å². The second-order valence-corrected chi connectivity index (χ2v) is 5.96. The first kappa shape index (κ1) is 13.3. The summed E-state index contributed by atoms with van der Waals surface area (Å²) in [4.78, 5) is 3.80. The number of rotatable bonds is 6. The Labute approximate surface area is 112 Å². The van der Waals surface area contributed by atoms with Crippen molar-refractivity contribution in [3.8, 4) is 0 Å². The number of hydrogen-bond acceptors (Lipinski definition) is 4. The summed E-state index contributed by atoms with van der Waals surface area (Å²) in [5.74, 6) is 0. The van der Waals surface area contributed by atoms with E-state index in [1.165, 1.54) is 4.88 Å². The molecule has 0 amide bonds. The highest BCUT2D eigenvalue weighted by atomic mass is 35.5. The molecular formula is C12H19ClN2OS. The lowest BCUT2D eigenvalue weighted by atomic mass is 10.3. The van der Waals surface area contributed by atoms with Gasteiger partial charge < -0.3 is 10.1 Å². The molecule has 0 radical (unpaired) electrons. The smallest absolute Gasteiger partial charge is 0.0931 e. The van der Waals surface area contributed by atoms with Gasteiger partial charge in [-0.05, 0) is 18.6 Å². The van der Waals surface area contributed by atoms with Gasteiger partial charge in [-0.15, -0.1) is 11.3 Å². The first-order valence-corrected chi connectivity index (χ1v) is 7.29. The summed E-state index contributed by atoms with van der Waals surface area (Å²) >= 11 is 7.55. The number of nitrogens with one attached hydrogen (secondary N) is 1. The molecule has 2 heterocycles. The summed E-state index contributed by atoms with van der Waals surface area (Å²) in [6, 6.07) is 4.08. The van der Waals surface area contributed by atoms with Crippen molar-refractivity contribution in [1.82, 2.24) is 10.2 Å². The van der Waals surface area contributed by atoms with Crippen LogP contribution in [-0.2, 0) is 11.2 Å². The molecule has 96 valence electrons. The quantitative estimate of drug-likeness (QED) is 0.802. The van der Waals surface area contributed by atoms with Crippen LogP contribution >= 0.6 is 22.9 Å². The molecule has 5 heteroatoms. The van der Waals surface area contributed by atoms with Gasteiger partial charge in [-0.3, -0.25) is 4.90 Å². The molecule has 0 atom stereocenters. The maximum absolute atomic E-state index is 5.88. The molecule has 1 N–H and O–H groups in total. The van der Waals surface area contributed by atoms with E-state index in [-0.39, 0.29) is 0 Å². The summed E-state index contributed by atoms with van der Waals surface area (Å²) in [6.45, 7) is 7.11. The Morgan fingerprint density at radius 3 is 2.82 bits per heavy atom. The molecule has 1 saturated heterocycles. The molecule has 0 bridgehead atoms. The van der Waals surface area contributed by atoms with Crippen LogP contribution in [0.4, 0.5) is 0 Å². The van der Waals surface area contributed by atoms with Gasteiger partial charge in [0.2, 0.25) is 0 Å². The van der Waals surface area contributed by atoms with Crippen molar-refractivity contribution in [2.75, 3.05) is 45.9 Å². The van der Waals surface area contributed by atoms with E-state index in [9.17, 15) is 0 Å². The van der Waals surface area contributed by atoms with Crippen LogP contribution in [-0.4, -0.2) is 50.8 Å². The van der Waals surface area contributed by atoms with Gasteiger partial charge in [-0.2, -0.15) is 0 Å². The zero-order valence-corrected chi connectivity index (χ0v) is 11.5. The maximum atomic E-state index is 5.88. The zero-order valence-electron chi connectivity index (χ0n) is 9.95. The monoisotopic (exact) mass is 274 g/mol. The van der Waals surface area contributed by atoms with Gasteiger partial charge in [0.15, 0.2) is 0 Å². The Hall–Kier alpha value is -0.130. The van der Waals surface area contributed by atoms with Crippen molar-refractivity contribution in [3.63, 3.8) is 0 Å². The summed E-state index contributed by atoms with van der Waals surface area (Å²) in [7, 11) is 0. The number of thiophene rings is 1. The lowest BCUT2D eigenvalue weighted by Gasteiger charge is -2.26. The fourth-order valence-electron chi connectivity index (χ4n) is 1.88. The molecule has 0 aromatic carbocycles. The Kier molecular flexibility index (Phi) is 5.74. The maximum Gasteiger partial charge on any atom is 0.0931 e. The minimum atomic E-state index is 0.883. The second-order valence-electron chi connectivity index (χ2n) is 4.16. The zero-order chi connectivity index (χ0) is 11.9. The Morgan fingerprint density at radius 1 is 1.29 bits per heavy atom.